The fraction of sp³-hybridized carbons (Fsp3) is 0.174. The lowest BCUT2D eigenvalue weighted by Crippen LogP contribution is -2.38. The summed E-state index contributed by atoms with van der Waals surface area (Å²) in [7, 11) is -2.22. The minimum absolute atomic E-state index is 0.206. The van der Waals surface area contributed by atoms with E-state index < -0.39 is 16.2 Å². The Morgan fingerprint density at radius 3 is 2.07 bits per heavy atom. The molecule has 7 heteroatoms. The van der Waals surface area contributed by atoms with Crippen LogP contribution in [0.1, 0.15) is 22.1 Å². The van der Waals surface area contributed by atoms with Crippen molar-refractivity contribution in [3.63, 3.8) is 0 Å². The lowest BCUT2D eigenvalue weighted by Gasteiger charge is -2.30. The van der Waals surface area contributed by atoms with E-state index in [1.165, 1.54) is 4.31 Å². The predicted molar refractivity (Wildman–Crippen MR) is 114 cm³/mol. The first-order valence-corrected chi connectivity index (χ1v) is 11.0. The zero-order valence-electron chi connectivity index (χ0n) is 16.5. The molecule has 1 amide bonds. The highest BCUT2D eigenvalue weighted by Crippen LogP contribution is 2.36. The van der Waals surface area contributed by atoms with Crippen LogP contribution in [-0.4, -0.2) is 43.7 Å². The highest BCUT2D eigenvalue weighted by Gasteiger charge is 2.43. The summed E-state index contributed by atoms with van der Waals surface area (Å²) in [5, 5.41) is 0. The number of benzene rings is 3. The monoisotopic (exact) mass is 422 g/mol. The molecule has 6 nitrogen and oxygen atoms in total. The van der Waals surface area contributed by atoms with E-state index in [2.05, 4.69) is 0 Å². The summed E-state index contributed by atoms with van der Waals surface area (Å²) in [6.45, 7) is 0.517. The molecule has 1 atom stereocenters. The minimum Gasteiger partial charge on any atom is -0.497 e. The number of hydrogen-bond acceptors (Lipinski definition) is 4. The van der Waals surface area contributed by atoms with E-state index >= 15 is 0 Å². The van der Waals surface area contributed by atoms with Crippen LogP contribution in [0.5, 0.6) is 5.75 Å². The van der Waals surface area contributed by atoms with E-state index in [-0.39, 0.29) is 17.3 Å². The topological polar surface area (TPSA) is 66.9 Å². The Morgan fingerprint density at radius 1 is 0.867 bits per heavy atom. The van der Waals surface area contributed by atoms with Crippen molar-refractivity contribution in [2.45, 2.75) is 11.1 Å². The van der Waals surface area contributed by atoms with E-state index in [1.807, 2.05) is 6.07 Å². The number of amides is 1. The molecule has 1 fully saturated rings. The SMILES string of the molecule is COc1ccc([C@@H]2N(C(=O)c3ccccc3)CCN2S(=O)(=O)c2ccccc2)cc1. The number of nitrogens with zero attached hydrogens (tertiary/aromatic N) is 2. The summed E-state index contributed by atoms with van der Waals surface area (Å²) in [6.07, 6.45) is -0.742. The van der Waals surface area contributed by atoms with Crippen LogP contribution < -0.4 is 4.74 Å². The molecule has 0 aliphatic carbocycles. The van der Waals surface area contributed by atoms with Crippen molar-refractivity contribution >= 4 is 15.9 Å². The van der Waals surface area contributed by atoms with Gasteiger partial charge in [0.05, 0.1) is 12.0 Å². The van der Waals surface area contributed by atoms with Crippen LogP contribution in [0.3, 0.4) is 0 Å². The van der Waals surface area contributed by atoms with Gasteiger partial charge in [-0.25, -0.2) is 8.42 Å². The van der Waals surface area contributed by atoms with Gasteiger partial charge in [-0.1, -0.05) is 48.5 Å². The Kier molecular flexibility index (Phi) is 5.57. The third kappa shape index (κ3) is 3.69. The Morgan fingerprint density at radius 2 is 1.47 bits per heavy atom. The maximum absolute atomic E-state index is 13.4. The second-order valence-electron chi connectivity index (χ2n) is 6.94. The van der Waals surface area contributed by atoms with Gasteiger partial charge in [0.25, 0.3) is 5.91 Å². The number of rotatable bonds is 5. The van der Waals surface area contributed by atoms with Crippen molar-refractivity contribution in [1.82, 2.24) is 9.21 Å². The van der Waals surface area contributed by atoms with Crippen LogP contribution in [0.25, 0.3) is 0 Å². The van der Waals surface area contributed by atoms with Gasteiger partial charge in [0.2, 0.25) is 10.0 Å². The Hall–Kier alpha value is -3.16. The van der Waals surface area contributed by atoms with Crippen molar-refractivity contribution in [2.24, 2.45) is 0 Å². The fourth-order valence-electron chi connectivity index (χ4n) is 3.67. The summed E-state index contributed by atoms with van der Waals surface area (Å²) < 4.78 is 33.4. The molecule has 0 aromatic heterocycles. The Bertz CT molecular complexity index is 1120. The van der Waals surface area contributed by atoms with E-state index in [4.69, 9.17) is 4.74 Å². The van der Waals surface area contributed by atoms with E-state index in [0.29, 0.717) is 23.4 Å². The van der Waals surface area contributed by atoms with Crippen LogP contribution >= 0.6 is 0 Å². The van der Waals surface area contributed by atoms with Gasteiger partial charge < -0.3 is 9.64 Å². The first-order chi connectivity index (χ1) is 14.5. The second kappa shape index (κ2) is 8.30. The van der Waals surface area contributed by atoms with Crippen molar-refractivity contribution < 1.29 is 17.9 Å². The first-order valence-electron chi connectivity index (χ1n) is 9.59. The molecule has 0 N–H and O–H groups in total. The van der Waals surface area contributed by atoms with Gasteiger partial charge in [-0.15, -0.1) is 0 Å². The van der Waals surface area contributed by atoms with Crippen molar-refractivity contribution in [3.8, 4) is 5.75 Å². The van der Waals surface area contributed by atoms with Crippen molar-refractivity contribution in [3.05, 3.63) is 96.1 Å². The van der Waals surface area contributed by atoms with E-state index in [0.717, 1.165) is 0 Å². The smallest absolute Gasteiger partial charge is 0.255 e. The molecule has 4 rings (SSSR count). The van der Waals surface area contributed by atoms with E-state index in [9.17, 15) is 13.2 Å². The Balaban J connectivity index is 1.77. The van der Waals surface area contributed by atoms with Gasteiger partial charge in [0.1, 0.15) is 11.9 Å². The number of carbonyl (C=O) groups excluding carboxylic acids is 1. The molecule has 0 unspecified atom stereocenters. The normalized spacial score (nSPS) is 17.1. The third-order valence-corrected chi connectivity index (χ3v) is 7.04. The fourth-order valence-corrected chi connectivity index (χ4v) is 5.26. The maximum atomic E-state index is 13.4. The molecular weight excluding hydrogens is 400 g/mol. The summed E-state index contributed by atoms with van der Waals surface area (Å²) in [4.78, 5) is 15.1. The van der Waals surface area contributed by atoms with E-state index in [1.54, 1.807) is 90.9 Å². The molecule has 30 heavy (non-hydrogen) atoms. The summed E-state index contributed by atoms with van der Waals surface area (Å²) >= 11 is 0. The minimum atomic E-state index is -3.79. The number of sulfonamides is 1. The van der Waals surface area contributed by atoms with Gasteiger partial charge in [0.15, 0.2) is 0 Å². The lowest BCUT2D eigenvalue weighted by atomic mass is 10.1. The highest BCUT2D eigenvalue weighted by atomic mass is 32.2. The lowest BCUT2D eigenvalue weighted by molar-refractivity contribution is 0.0693. The van der Waals surface area contributed by atoms with Gasteiger partial charge in [0, 0.05) is 18.7 Å². The highest BCUT2D eigenvalue weighted by molar-refractivity contribution is 7.89. The molecule has 1 saturated heterocycles. The molecule has 1 aliphatic rings. The molecule has 1 heterocycles. The number of carbonyl (C=O) groups is 1. The van der Waals surface area contributed by atoms with Crippen LogP contribution in [0.2, 0.25) is 0 Å². The standard InChI is InChI=1S/C23H22N2O4S/c1-29-20-14-12-18(13-15-20)22-24(23(26)19-8-4-2-5-9-19)16-17-25(22)30(27,28)21-10-6-3-7-11-21/h2-15,22H,16-17H2,1H3/t22-/m1/s1. The van der Waals surface area contributed by atoms with Crippen LogP contribution in [0, 0.1) is 0 Å². The molecule has 0 bridgehead atoms. The maximum Gasteiger partial charge on any atom is 0.255 e. The van der Waals surface area contributed by atoms with Gasteiger partial charge >= 0.3 is 0 Å². The number of ether oxygens (including phenoxy) is 1. The second-order valence-corrected chi connectivity index (χ2v) is 8.83. The number of methoxy groups -OCH3 is 1. The largest absolute Gasteiger partial charge is 0.497 e. The summed E-state index contributed by atoms with van der Waals surface area (Å²) in [5.41, 5.74) is 1.23. The van der Waals surface area contributed by atoms with Gasteiger partial charge in [-0.2, -0.15) is 4.31 Å². The van der Waals surface area contributed by atoms with Crippen LogP contribution in [0.4, 0.5) is 0 Å². The molecule has 3 aromatic rings. The van der Waals surface area contributed by atoms with Gasteiger partial charge in [-0.3, -0.25) is 4.79 Å². The molecule has 3 aromatic carbocycles. The molecule has 0 spiro atoms. The molecule has 154 valence electrons. The average Bonchev–Trinajstić information content (AvgIpc) is 3.26. The summed E-state index contributed by atoms with van der Waals surface area (Å²) in [6, 6.07) is 24.3. The molecule has 0 saturated carbocycles. The Labute approximate surface area is 176 Å². The van der Waals surface area contributed by atoms with Gasteiger partial charge in [-0.05, 0) is 42.0 Å². The average molecular weight is 423 g/mol. The first kappa shape index (κ1) is 20.1. The zero-order chi connectivity index (χ0) is 21.1. The quantitative estimate of drug-likeness (QED) is 0.631. The zero-order valence-corrected chi connectivity index (χ0v) is 17.3. The third-order valence-electron chi connectivity index (χ3n) is 5.17. The predicted octanol–water partition coefficient (Wildman–Crippen LogP) is 3.54. The molecular formula is C23H22N2O4S. The summed E-state index contributed by atoms with van der Waals surface area (Å²) in [5.74, 6) is 0.456. The van der Waals surface area contributed by atoms with Crippen LogP contribution in [-0.2, 0) is 10.0 Å². The van der Waals surface area contributed by atoms with Crippen molar-refractivity contribution in [1.29, 1.82) is 0 Å². The molecule has 1 aliphatic heterocycles. The van der Waals surface area contributed by atoms with Crippen LogP contribution in [0.15, 0.2) is 89.8 Å². The van der Waals surface area contributed by atoms with Crippen molar-refractivity contribution in [2.75, 3.05) is 20.2 Å². The molecule has 0 radical (unpaired) electrons. The number of hydrogen-bond donors (Lipinski definition) is 0.